The van der Waals surface area contributed by atoms with Crippen LogP contribution in [0.2, 0.25) is 0 Å². The number of hydrogen-bond donors (Lipinski definition) is 2. The zero-order chi connectivity index (χ0) is 13.2. The van der Waals surface area contributed by atoms with Crippen LogP contribution >= 0.6 is 0 Å². The highest BCUT2D eigenvalue weighted by Gasteiger charge is 2.41. The molecule has 0 bridgehead atoms. The molecule has 0 atom stereocenters. The van der Waals surface area contributed by atoms with Crippen LogP contribution in [0.4, 0.5) is 11.4 Å². The van der Waals surface area contributed by atoms with E-state index >= 15 is 0 Å². The van der Waals surface area contributed by atoms with Gasteiger partial charge in [0.15, 0.2) is 5.75 Å². The molecule has 1 fully saturated rings. The largest absolute Gasteiger partial charge is 0.490 e. The van der Waals surface area contributed by atoms with Gasteiger partial charge in [0, 0.05) is 29.8 Å². The molecule has 0 aliphatic heterocycles. The summed E-state index contributed by atoms with van der Waals surface area (Å²) in [7, 11) is 1.40. The summed E-state index contributed by atoms with van der Waals surface area (Å²) in [6.45, 7) is 0.842. The van der Waals surface area contributed by atoms with Crippen LogP contribution in [0.5, 0.6) is 5.75 Å². The van der Waals surface area contributed by atoms with E-state index in [1.165, 1.54) is 13.2 Å². The van der Waals surface area contributed by atoms with E-state index in [1.54, 1.807) is 12.1 Å². The molecule has 1 aromatic carbocycles. The lowest BCUT2D eigenvalue weighted by Gasteiger charge is -2.14. The summed E-state index contributed by atoms with van der Waals surface area (Å²) in [6.07, 6.45) is 2.03. The molecule has 0 spiro atoms. The first-order valence-corrected chi connectivity index (χ1v) is 5.77. The van der Waals surface area contributed by atoms with Gasteiger partial charge in [-0.25, -0.2) is 0 Å². The Kier molecular flexibility index (Phi) is 3.38. The Morgan fingerprint density at radius 1 is 1.56 bits per heavy atom. The van der Waals surface area contributed by atoms with Gasteiger partial charge >= 0.3 is 5.69 Å². The second kappa shape index (κ2) is 4.81. The monoisotopic (exact) mass is 252 g/mol. The van der Waals surface area contributed by atoms with Gasteiger partial charge in [0.05, 0.1) is 18.6 Å². The number of ether oxygens (including phenoxy) is 1. The summed E-state index contributed by atoms with van der Waals surface area (Å²) in [5, 5.41) is 23.1. The molecule has 6 heteroatoms. The molecular weight excluding hydrogens is 236 g/mol. The van der Waals surface area contributed by atoms with Gasteiger partial charge in [0.1, 0.15) is 0 Å². The van der Waals surface area contributed by atoms with Crippen molar-refractivity contribution in [1.82, 2.24) is 0 Å². The third-order valence-corrected chi connectivity index (χ3v) is 3.34. The molecule has 0 heterocycles. The van der Waals surface area contributed by atoms with E-state index in [-0.39, 0.29) is 23.5 Å². The summed E-state index contributed by atoms with van der Waals surface area (Å²) in [4.78, 5) is 10.3. The smallest absolute Gasteiger partial charge is 0.311 e. The maximum absolute atomic E-state index is 10.7. The molecule has 0 radical (unpaired) electrons. The van der Waals surface area contributed by atoms with E-state index in [2.05, 4.69) is 5.32 Å². The molecule has 1 aliphatic carbocycles. The first-order valence-electron chi connectivity index (χ1n) is 5.77. The number of nitrogens with one attached hydrogen (secondary N) is 1. The minimum atomic E-state index is -0.473. The Balaban J connectivity index is 2.08. The van der Waals surface area contributed by atoms with Gasteiger partial charge in [0.25, 0.3) is 0 Å². The fourth-order valence-corrected chi connectivity index (χ4v) is 1.80. The molecule has 18 heavy (non-hydrogen) atoms. The molecule has 0 unspecified atom stereocenters. The van der Waals surface area contributed by atoms with Crippen LogP contribution in [0.25, 0.3) is 0 Å². The van der Waals surface area contributed by atoms with Crippen molar-refractivity contribution in [3.05, 3.63) is 28.3 Å². The van der Waals surface area contributed by atoms with Crippen molar-refractivity contribution in [3.63, 3.8) is 0 Å². The quantitative estimate of drug-likeness (QED) is 0.595. The molecule has 1 aliphatic rings. The number of methoxy groups -OCH3 is 1. The van der Waals surface area contributed by atoms with Crippen molar-refractivity contribution in [2.45, 2.75) is 12.8 Å². The maximum atomic E-state index is 10.7. The average molecular weight is 252 g/mol. The van der Waals surface area contributed by atoms with Crippen molar-refractivity contribution in [3.8, 4) is 5.75 Å². The molecule has 0 amide bonds. The third kappa shape index (κ3) is 2.53. The molecule has 0 saturated heterocycles. The van der Waals surface area contributed by atoms with Crippen molar-refractivity contribution in [2.24, 2.45) is 5.41 Å². The second-order valence-corrected chi connectivity index (χ2v) is 4.66. The van der Waals surface area contributed by atoms with Gasteiger partial charge in [-0.15, -0.1) is 0 Å². The minimum Gasteiger partial charge on any atom is -0.490 e. The molecular formula is C12H16N2O4. The summed E-state index contributed by atoms with van der Waals surface area (Å²) < 4.78 is 4.99. The predicted molar refractivity (Wildman–Crippen MR) is 66.9 cm³/mol. The molecule has 0 aromatic heterocycles. The van der Waals surface area contributed by atoms with Crippen LogP contribution in [0, 0.1) is 15.5 Å². The fraction of sp³-hybridized carbons (Fsp3) is 0.500. The van der Waals surface area contributed by atoms with Crippen molar-refractivity contribution in [2.75, 3.05) is 25.6 Å². The summed E-state index contributed by atoms with van der Waals surface area (Å²) in [6, 6.07) is 4.67. The van der Waals surface area contributed by atoms with Crippen LogP contribution in [0.3, 0.4) is 0 Å². The van der Waals surface area contributed by atoms with Crippen LogP contribution < -0.4 is 10.1 Å². The van der Waals surface area contributed by atoms with E-state index in [1.807, 2.05) is 0 Å². The topological polar surface area (TPSA) is 84.6 Å². The number of nitro groups is 1. The minimum absolute atomic E-state index is 0.00495. The zero-order valence-corrected chi connectivity index (χ0v) is 10.2. The number of benzene rings is 1. The standard InChI is InChI=1S/C12H16N2O4/c1-18-11-6-9(2-3-10(11)14(16)17)13-7-12(8-15)4-5-12/h2-3,6,13,15H,4-5,7-8H2,1H3. The van der Waals surface area contributed by atoms with Gasteiger partial charge in [-0.05, 0) is 18.9 Å². The molecule has 98 valence electrons. The zero-order valence-electron chi connectivity index (χ0n) is 10.2. The van der Waals surface area contributed by atoms with Crippen molar-refractivity contribution < 1.29 is 14.8 Å². The van der Waals surface area contributed by atoms with E-state index in [9.17, 15) is 15.2 Å². The first-order chi connectivity index (χ1) is 8.60. The average Bonchev–Trinajstić information content (AvgIpc) is 3.16. The van der Waals surface area contributed by atoms with Crippen LogP contribution in [-0.2, 0) is 0 Å². The number of aliphatic hydroxyl groups excluding tert-OH is 1. The van der Waals surface area contributed by atoms with Gasteiger partial charge in [-0.1, -0.05) is 0 Å². The van der Waals surface area contributed by atoms with Crippen LogP contribution in [0.15, 0.2) is 18.2 Å². The molecule has 6 nitrogen and oxygen atoms in total. The van der Waals surface area contributed by atoms with E-state index in [0.29, 0.717) is 6.54 Å². The maximum Gasteiger partial charge on any atom is 0.311 e. The van der Waals surface area contributed by atoms with Gasteiger partial charge in [0.2, 0.25) is 0 Å². The Morgan fingerprint density at radius 3 is 2.78 bits per heavy atom. The lowest BCUT2D eigenvalue weighted by Crippen LogP contribution is -2.19. The molecule has 1 saturated carbocycles. The Labute approximate surface area is 105 Å². The Bertz CT molecular complexity index is 457. The fourth-order valence-electron chi connectivity index (χ4n) is 1.80. The van der Waals surface area contributed by atoms with Crippen molar-refractivity contribution >= 4 is 11.4 Å². The Hall–Kier alpha value is -1.82. The number of rotatable bonds is 6. The van der Waals surface area contributed by atoms with Crippen LogP contribution in [0.1, 0.15) is 12.8 Å². The number of anilines is 1. The molecule has 1 aromatic rings. The Morgan fingerprint density at radius 2 is 2.28 bits per heavy atom. The van der Waals surface area contributed by atoms with E-state index < -0.39 is 4.92 Å². The number of nitro benzene ring substituents is 1. The summed E-state index contributed by atoms with van der Waals surface area (Å²) in [5.41, 5.74) is 0.707. The second-order valence-electron chi connectivity index (χ2n) is 4.66. The van der Waals surface area contributed by atoms with E-state index in [0.717, 1.165) is 18.5 Å². The predicted octanol–water partition coefficient (Wildman–Crippen LogP) is 1.79. The number of nitrogens with zero attached hydrogens (tertiary/aromatic N) is 1. The lowest BCUT2D eigenvalue weighted by atomic mass is 10.1. The number of aliphatic hydroxyl groups is 1. The summed E-state index contributed by atoms with van der Waals surface area (Å²) >= 11 is 0. The number of hydrogen-bond acceptors (Lipinski definition) is 5. The normalized spacial score (nSPS) is 16.1. The van der Waals surface area contributed by atoms with Crippen molar-refractivity contribution in [1.29, 1.82) is 0 Å². The highest BCUT2D eigenvalue weighted by molar-refractivity contribution is 5.58. The highest BCUT2D eigenvalue weighted by atomic mass is 16.6. The van der Waals surface area contributed by atoms with Crippen LogP contribution in [-0.4, -0.2) is 30.3 Å². The lowest BCUT2D eigenvalue weighted by molar-refractivity contribution is -0.385. The SMILES string of the molecule is COc1cc(NCC2(CO)CC2)ccc1[N+](=O)[O-]. The molecule has 2 rings (SSSR count). The third-order valence-electron chi connectivity index (χ3n) is 3.34. The first kappa shape index (κ1) is 12.6. The van der Waals surface area contributed by atoms with E-state index in [4.69, 9.17) is 4.74 Å². The summed E-state index contributed by atoms with van der Waals surface area (Å²) in [5.74, 6) is 0.235. The van der Waals surface area contributed by atoms with Gasteiger partial charge in [-0.3, -0.25) is 10.1 Å². The van der Waals surface area contributed by atoms with Gasteiger partial charge in [-0.2, -0.15) is 0 Å². The van der Waals surface area contributed by atoms with Gasteiger partial charge < -0.3 is 15.2 Å². The molecule has 2 N–H and O–H groups in total. The highest BCUT2D eigenvalue weighted by Crippen LogP contribution is 2.45.